The van der Waals surface area contributed by atoms with Gasteiger partial charge in [0.05, 0.1) is 12.0 Å². The van der Waals surface area contributed by atoms with Gasteiger partial charge in [0.2, 0.25) is 0 Å². The number of alkyl halides is 3. The van der Waals surface area contributed by atoms with Crippen LogP contribution in [0, 0.1) is 0 Å². The van der Waals surface area contributed by atoms with E-state index in [4.69, 9.17) is 0 Å². The maximum absolute atomic E-state index is 12.3. The highest BCUT2D eigenvalue weighted by molar-refractivity contribution is 5.32. The van der Waals surface area contributed by atoms with Crippen LogP contribution < -0.4 is 0 Å². The zero-order valence-electron chi connectivity index (χ0n) is 9.30. The summed E-state index contributed by atoms with van der Waals surface area (Å²) in [4.78, 5) is 0. The second-order valence-corrected chi connectivity index (χ2v) is 4.08. The van der Waals surface area contributed by atoms with Crippen molar-refractivity contribution >= 4 is 0 Å². The highest BCUT2D eigenvalue weighted by Crippen LogP contribution is 2.35. The minimum Gasteiger partial charge on any atom is -0.385 e. The quantitative estimate of drug-likeness (QED) is 0.846. The van der Waals surface area contributed by atoms with Crippen molar-refractivity contribution in [2.45, 2.75) is 38.5 Å². The lowest BCUT2D eigenvalue weighted by molar-refractivity contribution is -0.174. The minimum atomic E-state index is -4.37. The number of hydrogen-bond acceptors (Lipinski definition) is 1. The fourth-order valence-corrected chi connectivity index (χ4v) is 1.84. The number of rotatable bonds is 3. The van der Waals surface area contributed by atoms with Gasteiger partial charge >= 0.3 is 6.18 Å². The molecule has 1 aromatic carbocycles. The van der Waals surface area contributed by atoms with E-state index in [0.29, 0.717) is 12.0 Å². The molecule has 0 aliphatic rings. The Morgan fingerprint density at radius 1 is 1.19 bits per heavy atom. The van der Waals surface area contributed by atoms with Crippen molar-refractivity contribution in [1.29, 1.82) is 0 Å². The minimum absolute atomic E-state index is 0.356. The van der Waals surface area contributed by atoms with Crippen LogP contribution in [0.4, 0.5) is 13.2 Å². The van der Waals surface area contributed by atoms with Crippen LogP contribution in [0.25, 0.3) is 0 Å². The average molecular weight is 232 g/mol. The molecule has 0 fully saturated rings. The summed E-state index contributed by atoms with van der Waals surface area (Å²) in [6.07, 6.45) is -4.99. The topological polar surface area (TPSA) is 20.2 Å². The molecule has 1 unspecified atom stereocenters. The van der Waals surface area contributed by atoms with E-state index in [9.17, 15) is 18.3 Å². The third kappa shape index (κ3) is 3.23. The van der Waals surface area contributed by atoms with E-state index in [1.54, 1.807) is 24.3 Å². The lowest BCUT2D eigenvalue weighted by atomic mass is 9.87. The second-order valence-electron chi connectivity index (χ2n) is 4.08. The van der Waals surface area contributed by atoms with Gasteiger partial charge < -0.3 is 5.11 Å². The molecule has 0 aliphatic carbocycles. The van der Waals surface area contributed by atoms with Gasteiger partial charge in [-0.05, 0) is 24.5 Å². The summed E-state index contributed by atoms with van der Waals surface area (Å²) in [7, 11) is 0. The van der Waals surface area contributed by atoms with Crippen LogP contribution in [0.3, 0.4) is 0 Å². The highest BCUT2D eigenvalue weighted by atomic mass is 19.4. The third-order valence-electron chi connectivity index (χ3n) is 2.52. The number of aryl methyl sites for hydroxylation is 1. The predicted molar refractivity (Wildman–Crippen MR) is 56.1 cm³/mol. The fraction of sp³-hybridized carbons (Fsp3) is 0.500. The molecule has 1 N–H and O–H groups in total. The normalized spacial score (nSPS) is 15.9. The maximum atomic E-state index is 12.3. The van der Waals surface area contributed by atoms with Crippen LogP contribution in [0.5, 0.6) is 0 Å². The van der Waals surface area contributed by atoms with E-state index < -0.39 is 18.2 Å². The van der Waals surface area contributed by atoms with Crippen molar-refractivity contribution < 1.29 is 18.3 Å². The molecule has 1 nitrogen and oxygen atoms in total. The molecular formula is C12H15F3O. The standard InChI is InChI=1S/C12H15F3O/c1-3-9-6-4-5-7-10(9)11(2,16)8-12(13,14)15/h4-7,16H,3,8H2,1-2H3. The van der Waals surface area contributed by atoms with E-state index in [1.807, 2.05) is 6.92 Å². The summed E-state index contributed by atoms with van der Waals surface area (Å²) in [5.74, 6) is 0. The van der Waals surface area contributed by atoms with Crippen LogP contribution in [0.15, 0.2) is 24.3 Å². The van der Waals surface area contributed by atoms with Crippen molar-refractivity contribution in [3.8, 4) is 0 Å². The Morgan fingerprint density at radius 3 is 2.25 bits per heavy atom. The number of hydrogen-bond donors (Lipinski definition) is 1. The first-order valence-electron chi connectivity index (χ1n) is 5.14. The van der Waals surface area contributed by atoms with Crippen molar-refractivity contribution in [3.05, 3.63) is 35.4 Å². The molecule has 1 aromatic rings. The van der Waals surface area contributed by atoms with E-state index in [1.165, 1.54) is 6.92 Å². The van der Waals surface area contributed by atoms with Crippen LogP contribution in [0.2, 0.25) is 0 Å². The molecule has 0 aromatic heterocycles. The van der Waals surface area contributed by atoms with E-state index in [-0.39, 0.29) is 0 Å². The summed E-state index contributed by atoms with van der Waals surface area (Å²) in [6.45, 7) is 3.05. The van der Waals surface area contributed by atoms with Crippen LogP contribution >= 0.6 is 0 Å². The molecule has 0 saturated heterocycles. The van der Waals surface area contributed by atoms with Crippen molar-refractivity contribution in [3.63, 3.8) is 0 Å². The lowest BCUT2D eigenvalue weighted by Gasteiger charge is -2.27. The number of benzene rings is 1. The number of aliphatic hydroxyl groups is 1. The van der Waals surface area contributed by atoms with Gasteiger partial charge in [0, 0.05) is 0 Å². The second kappa shape index (κ2) is 4.45. The van der Waals surface area contributed by atoms with E-state index in [2.05, 4.69) is 0 Å². The van der Waals surface area contributed by atoms with Gasteiger partial charge in [-0.15, -0.1) is 0 Å². The molecule has 0 radical (unpaired) electrons. The van der Waals surface area contributed by atoms with Gasteiger partial charge in [0.1, 0.15) is 0 Å². The molecule has 0 saturated carbocycles. The zero-order chi connectivity index (χ0) is 12.4. The zero-order valence-corrected chi connectivity index (χ0v) is 9.30. The Labute approximate surface area is 92.9 Å². The van der Waals surface area contributed by atoms with Gasteiger partial charge in [-0.1, -0.05) is 31.2 Å². The van der Waals surface area contributed by atoms with Gasteiger partial charge in [-0.2, -0.15) is 13.2 Å². The van der Waals surface area contributed by atoms with Gasteiger partial charge in [0.25, 0.3) is 0 Å². The van der Waals surface area contributed by atoms with Crippen molar-refractivity contribution in [2.75, 3.05) is 0 Å². The predicted octanol–water partition coefficient (Wildman–Crippen LogP) is 3.41. The highest BCUT2D eigenvalue weighted by Gasteiger charge is 2.39. The van der Waals surface area contributed by atoms with Crippen molar-refractivity contribution in [2.24, 2.45) is 0 Å². The molecule has 0 bridgehead atoms. The molecule has 1 atom stereocenters. The monoisotopic (exact) mass is 232 g/mol. The van der Waals surface area contributed by atoms with E-state index >= 15 is 0 Å². The Bertz CT molecular complexity index is 356. The van der Waals surface area contributed by atoms with Gasteiger partial charge in [-0.3, -0.25) is 0 Å². The summed E-state index contributed by atoms with van der Waals surface area (Å²) in [5.41, 5.74) is -0.753. The molecule has 0 amide bonds. The van der Waals surface area contributed by atoms with E-state index in [0.717, 1.165) is 5.56 Å². The molecule has 16 heavy (non-hydrogen) atoms. The maximum Gasteiger partial charge on any atom is 0.392 e. The number of halogens is 3. The molecule has 4 heteroatoms. The molecule has 90 valence electrons. The summed E-state index contributed by atoms with van der Waals surface area (Å²) < 4.78 is 36.9. The summed E-state index contributed by atoms with van der Waals surface area (Å²) in [5, 5.41) is 9.91. The lowest BCUT2D eigenvalue weighted by Crippen LogP contribution is -2.30. The van der Waals surface area contributed by atoms with Crippen LogP contribution in [0.1, 0.15) is 31.4 Å². The first-order valence-corrected chi connectivity index (χ1v) is 5.14. The molecule has 0 aliphatic heterocycles. The van der Waals surface area contributed by atoms with Gasteiger partial charge in [0.15, 0.2) is 0 Å². The fourth-order valence-electron chi connectivity index (χ4n) is 1.84. The van der Waals surface area contributed by atoms with Crippen LogP contribution in [-0.2, 0) is 12.0 Å². The molecule has 0 spiro atoms. The smallest absolute Gasteiger partial charge is 0.385 e. The SMILES string of the molecule is CCc1ccccc1C(C)(O)CC(F)(F)F. The van der Waals surface area contributed by atoms with Crippen LogP contribution in [-0.4, -0.2) is 11.3 Å². The summed E-state index contributed by atoms with van der Waals surface area (Å²) >= 11 is 0. The first-order chi connectivity index (χ1) is 7.26. The Balaban J connectivity index is 3.06. The Morgan fingerprint density at radius 2 is 1.75 bits per heavy atom. The Hall–Kier alpha value is -1.03. The Kier molecular flexibility index (Phi) is 3.63. The largest absolute Gasteiger partial charge is 0.392 e. The molecular weight excluding hydrogens is 217 g/mol. The van der Waals surface area contributed by atoms with Gasteiger partial charge in [-0.25, -0.2) is 0 Å². The average Bonchev–Trinajstić information content (AvgIpc) is 2.14. The molecule has 0 heterocycles. The van der Waals surface area contributed by atoms with Crippen molar-refractivity contribution in [1.82, 2.24) is 0 Å². The summed E-state index contributed by atoms with van der Waals surface area (Å²) in [6, 6.07) is 6.68. The third-order valence-corrected chi connectivity index (χ3v) is 2.52. The first kappa shape index (κ1) is 13.0. The molecule has 1 rings (SSSR count).